The molecule has 0 spiro atoms. The molecule has 1 amide bonds. The topological polar surface area (TPSA) is 88.4 Å². The lowest BCUT2D eigenvalue weighted by Crippen LogP contribution is -2.15. The zero-order valence-electron chi connectivity index (χ0n) is 18.3. The second-order valence-corrected chi connectivity index (χ2v) is 9.54. The Morgan fingerprint density at radius 3 is 2.19 bits per heavy atom. The first-order valence-electron chi connectivity index (χ1n) is 10.2. The number of hydrogen-bond donors (Lipinski definition) is 2. The molecule has 0 bridgehead atoms. The van der Waals surface area contributed by atoms with Crippen LogP contribution in [-0.2, 0) is 10.0 Å². The van der Waals surface area contributed by atoms with Crippen molar-refractivity contribution in [3.8, 4) is 0 Å². The lowest BCUT2D eigenvalue weighted by Gasteiger charge is -2.13. The van der Waals surface area contributed by atoms with Gasteiger partial charge in [0.25, 0.3) is 15.9 Å². The number of anilines is 2. The number of nitrogens with one attached hydrogen (secondary N) is 2. The third kappa shape index (κ3) is 3.99. The normalized spacial score (nSPS) is 11.5. The number of benzene rings is 3. The number of amides is 1. The fourth-order valence-corrected chi connectivity index (χ4v) is 4.84. The summed E-state index contributed by atoms with van der Waals surface area (Å²) in [5.41, 5.74) is 5.05. The van der Waals surface area contributed by atoms with E-state index < -0.39 is 15.9 Å². The van der Waals surface area contributed by atoms with Crippen LogP contribution in [-0.4, -0.2) is 14.3 Å². The predicted molar refractivity (Wildman–Crippen MR) is 127 cm³/mol. The van der Waals surface area contributed by atoms with Gasteiger partial charge < -0.3 is 9.73 Å². The second-order valence-electron chi connectivity index (χ2n) is 7.86. The highest BCUT2D eigenvalue weighted by molar-refractivity contribution is 7.92. The maximum atomic E-state index is 13.0. The molecule has 1 aromatic heterocycles. The highest BCUT2D eigenvalue weighted by Gasteiger charge is 2.21. The summed E-state index contributed by atoms with van der Waals surface area (Å²) < 4.78 is 33.9. The number of furan rings is 1. The Kier molecular flexibility index (Phi) is 5.52. The minimum Gasteiger partial charge on any atom is -0.450 e. The molecule has 4 aromatic rings. The SMILES string of the molecule is Cc1ccc(NC(=O)c2oc3c(C)ccc(C)c3c2C)cc1NS(=O)(=O)c1ccccc1. The smallest absolute Gasteiger partial charge is 0.291 e. The number of carbonyl (C=O) groups excluding carboxylic acids is 1. The molecule has 0 saturated carbocycles. The van der Waals surface area contributed by atoms with Gasteiger partial charge in [0.05, 0.1) is 10.6 Å². The lowest BCUT2D eigenvalue weighted by molar-refractivity contribution is 0.0998. The van der Waals surface area contributed by atoms with Crippen molar-refractivity contribution in [1.29, 1.82) is 0 Å². The van der Waals surface area contributed by atoms with Crippen LogP contribution in [0.25, 0.3) is 11.0 Å². The highest BCUT2D eigenvalue weighted by atomic mass is 32.2. The number of aryl methyl sites for hydroxylation is 4. The van der Waals surface area contributed by atoms with Crippen molar-refractivity contribution in [3.05, 3.63) is 88.7 Å². The van der Waals surface area contributed by atoms with E-state index in [0.29, 0.717) is 17.0 Å². The Balaban J connectivity index is 1.63. The van der Waals surface area contributed by atoms with E-state index in [0.717, 1.165) is 27.6 Å². The average Bonchev–Trinajstić information content (AvgIpc) is 3.12. The maximum Gasteiger partial charge on any atom is 0.291 e. The van der Waals surface area contributed by atoms with Crippen LogP contribution in [0.1, 0.15) is 32.8 Å². The first-order chi connectivity index (χ1) is 15.2. The average molecular weight is 449 g/mol. The Hall–Kier alpha value is -3.58. The van der Waals surface area contributed by atoms with E-state index in [2.05, 4.69) is 10.0 Å². The minimum absolute atomic E-state index is 0.164. The Labute approximate surface area is 187 Å². The predicted octanol–water partition coefficient (Wildman–Crippen LogP) is 5.72. The summed E-state index contributed by atoms with van der Waals surface area (Å²) in [6.45, 7) is 7.58. The van der Waals surface area contributed by atoms with Gasteiger partial charge in [0.1, 0.15) is 5.58 Å². The molecule has 0 atom stereocenters. The second kappa shape index (κ2) is 8.16. The Bertz CT molecular complexity index is 1440. The van der Waals surface area contributed by atoms with E-state index in [1.807, 2.05) is 32.9 Å². The van der Waals surface area contributed by atoms with Gasteiger partial charge in [-0.15, -0.1) is 0 Å². The maximum absolute atomic E-state index is 13.0. The molecule has 1 heterocycles. The fourth-order valence-electron chi connectivity index (χ4n) is 3.69. The molecular formula is C25H24N2O4S. The number of rotatable bonds is 5. The van der Waals surface area contributed by atoms with Gasteiger partial charge in [0.15, 0.2) is 5.76 Å². The molecule has 2 N–H and O–H groups in total. The summed E-state index contributed by atoms with van der Waals surface area (Å²) in [7, 11) is -3.75. The monoisotopic (exact) mass is 448 g/mol. The summed E-state index contributed by atoms with van der Waals surface area (Å²) in [6, 6.07) is 17.2. The summed E-state index contributed by atoms with van der Waals surface area (Å²) in [4.78, 5) is 13.2. The van der Waals surface area contributed by atoms with E-state index in [9.17, 15) is 13.2 Å². The van der Waals surface area contributed by atoms with E-state index in [4.69, 9.17) is 4.42 Å². The largest absolute Gasteiger partial charge is 0.450 e. The summed E-state index contributed by atoms with van der Waals surface area (Å²) in [5.74, 6) is -0.150. The van der Waals surface area contributed by atoms with Gasteiger partial charge in [-0.2, -0.15) is 0 Å². The first kappa shape index (κ1) is 21.6. The molecule has 0 radical (unpaired) electrons. The van der Waals surface area contributed by atoms with E-state index in [1.165, 1.54) is 12.1 Å². The minimum atomic E-state index is -3.75. The molecular weight excluding hydrogens is 424 g/mol. The molecule has 0 aliphatic carbocycles. The third-order valence-electron chi connectivity index (χ3n) is 5.48. The molecule has 4 rings (SSSR count). The highest BCUT2D eigenvalue weighted by Crippen LogP contribution is 2.31. The van der Waals surface area contributed by atoms with Crippen LogP contribution < -0.4 is 10.0 Å². The molecule has 0 fully saturated rings. The Morgan fingerprint density at radius 1 is 0.844 bits per heavy atom. The molecule has 0 aliphatic heterocycles. The molecule has 0 aliphatic rings. The van der Waals surface area contributed by atoms with Gasteiger partial charge in [-0.25, -0.2) is 8.42 Å². The van der Waals surface area contributed by atoms with E-state index >= 15 is 0 Å². The van der Waals surface area contributed by atoms with Crippen molar-refractivity contribution in [3.63, 3.8) is 0 Å². The van der Waals surface area contributed by atoms with Crippen molar-refractivity contribution in [2.24, 2.45) is 0 Å². The molecule has 6 nitrogen and oxygen atoms in total. The van der Waals surface area contributed by atoms with E-state index in [1.54, 1.807) is 43.3 Å². The zero-order valence-corrected chi connectivity index (χ0v) is 19.1. The first-order valence-corrected chi connectivity index (χ1v) is 11.6. The van der Waals surface area contributed by atoms with E-state index in [-0.39, 0.29) is 10.7 Å². The zero-order chi connectivity index (χ0) is 23.0. The third-order valence-corrected chi connectivity index (χ3v) is 6.86. The number of carbonyl (C=O) groups is 1. The fraction of sp³-hybridized carbons (Fsp3) is 0.160. The molecule has 7 heteroatoms. The number of fused-ring (bicyclic) bond motifs is 1. The van der Waals surface area contributed by atoms with Crippen molar-refractivity contribution in [2.45, 2.75) is 32.6 Å². The number of hydrogen-bond acceptors (Lipinski definition) is 4. The summed E-state index contributed by atoms with van der Waals surface area (Å²) >= 11 is 0. The van der Waals surface area contributed by atoms with Crippen LogP contribution in [0.4, 0.5) is 11.4 Å². The van der Waals surface area contributed by atoms with Crippen molar-refractivity contribution in [1.82, 2.24) is 0 Å². The lowest BCUT2D eigenvalue weighted by atomic mass is 10.0. The summed E-state index contributed by atoms with van der Waals surface area (Å²) in [6.07, 6.45) is 0. The van der Waals surface area contributed by atoms with Crippen LogP contribution in [0.2, 0.25) is 0 Å². The molecule has 0 saturated heterocycles. The van der Waals surface area contributed by atoms with Crippen LogP contribution in [0, 0.1) is 27.7 Å². The van der Waals surface area contributed by atoms with Crippen molar-refractivity contribution >= 4 is 38.3 Å². The molecule has 3 aromatic carbocycles. The Morgan fingerprint density at radius 2 is 1.50 bits per heavy atom. The summed E-state index contributed by atoms with van der Waals surface area (Å²) in [5, 5.41) is 3.76. The van der Waals surface area contributed by atoms with Crippen LogP contribution in [0.3, 0.4) is 0 Å². The van der Waals surface area contributed by atoms with Crippen LogP contribution in [0.15, 0.2) is 70.0 Å². The van der Waals surface area contributed by atoms with Crippen molar-refractivity contribution in [2.75, 3.05) is 10.0 Å². The van der Waals surface area contributed by atoms with Crippen LogP contribution >= 0.6 is 0 Å². The van der Waals surface area contributed by atoms with Gasteiger partial charge in [-0.1, -0.05) is 36.4 Å². The van der Waals surface area contributed by atoms with Crippen molar-refractivity contribution < 1.29 is 17.6 Å². The van der Waals surface area contributed by atoms with Gasteiger partial charge in [-0.05, 0) is 68.7 Å². The molecule has 0 unspecified atom stereocenters. The molecule has 32 heavy (non-hydrogen) atoms. The number of sulfonamides is 1. The standard InChI is InChI=1S/C25H24N2O4S/c1-15-12-13-19(14-21(15)27-32(29,30)20-8-6-5-7-9-20)26-25(28)24-18(4)22-16(2)10-11-17(3)23(22)31-24/h5-14,27H,1-4H3,(H,26,28). The van der Waals surface area contributed by atoms with Crippen LogP contribution in [0.5, 0.6) is 0 Å². The quantitative estimate of drug-likeness (QED) is 0.409. The van der Waals surface area contributed by atoms with Gasteiger partial charge in [-0.3, -0.25) is 9.52 Å². The van der Waals surface area contributed by atoms with Gasteiger partial charge >= 0.3 is 0 Å². The van der Waals surface area contributed by atoms with Gasteiger partial charge in [0, 0.05) is 16.6 Å². The molecule has 164 valence electrons. The van der Waals surface area contributed by atoms with Gasteiger partial charge in [0.2, 0.25) is 0 Å².